The van der Waals surface area contributed by atoms with E-state index in [9.17, 15) is 13.6 Å². The van der Waals surface area contributed by atoms with Crippen molar-refractivity contribution in [1.82, 2.24) is 19.6 Å². The number of aromatic nitrogens is 2. The molecule has 2 aromatic rings. The van der Waals surface area contributed by atoms with Crippen LogP contribution in [0.4, 0.5) is 8.78 Å². The van der Waals surface area contributed by atoms with Gasteiger partial charge in [-0.1, -0.05) is 0 Å². The minimum absolute atomic E-state index is 0.123. The van der Waals surface area contributed by atoms with Gasteiger partial charge in [-0.25, -0.2) is 13.5 Å². The van der Waals surface area contributed by atoms with Gasteiger partial charge in [0.1, 0.15) is 0 Å². The molecule has 2 heterocycles. The van der Waals surface area contributed by atoms with E-state index in [4.69, 9.17) is 4.74 Å². The lowest BCUT2D eigenvalue weighted by Crippen LogP contribution is -2.48. The van der Waals surface area contributed by atoms with Gasteiger partial charge in [-0.05, 0) is 18.2 Å². The third-order valence-electron chi connectivity index (χ3n) is 4.43. The number of carbonyl (C=O) groups excluding carboxylic acids is 1. The summed E-state index contributed by atoms with van der Waals surface area (Å²) in [6, 6.07) is 5.44. The molecule has 1 aromatic carbocycles. The monoisotopic (exact) mass is 364 g/mol. The summed E-state index contributed by atoms with van der Waals surface area (Å²) in [7, 11) is 0. The van der Waals surface area contributed by atoms with Crippen molar-refractivity contribution in [1.29, 1.82) is 0 Å². The number of nitrogens with zero attached hydrogens (tertiary/aromatic N) is 4. The second kappa shape index (κ2) is 8.37. The van der Waals surface area contributed by atoms with E-state index in [1.54, 1.807) is 19.2 Å². The number of benzene rings is 1. The van der Waals surface area contributed by atoms with Crippen LogP contribution in [0.25, 0.3) is 5.69 Å². The highest BCUT2D eigenvalue weighted by atomic mass is 19.2. The molecule has 0 atom stereocenters. The third kappa shape index (κ3) is 4.64. The summed E-state index contributed by atoms with van der Waals surface area (Å²) in [6.45, 7) is 6.54. The number of halogens is 2. The summed E-state index contributed by atoms with van der Waals surface area (Å²) >= 11 is 0. The number of ether oxygens (including phenoxy) is 1. The Labute approximate surface area is 151 Å². The predicted octanol–water partition coefficient (Wildman–Crippen LogP) is 1.83. The summed E-state index contributed by atoms with van der Waals surface area (Å²) in [5, 5.41) is 4.31. The Balaban J connectivity index is 1.41. The van der Waals surface area contributed by atoms with Crippen molar-refractivity contribution in [3.05, 3.63) is 47.8 Å². The molecule has 0 saturated carbocycles. The molecular weight excluding hydrogens is 342 g/mol. The average molecular weight is 364 g/mol. The van der Waals surface area contributed by atoms with Gasteiger partial charge in [0.05, 0.1) is 24.6 Å². The van der Waals surface area contributed by atoms with Gasteiger partial charge in [-0.3, -0.25) is 9.69 Å². The maximum atomic E-state index is 13.3. The van der Waals surface area contributed by atoms with Crippen LogP contribution in [0.15, 0.2) is 30.5 Å². The Hall–Kier alpha value is -2.32. The van der Waals surface area contributed by atoms with E-state index in [0.29, 0.717) is 18.9 Å². The SMILES string of the molecule is CC(=O)N1CCN(CCOCc2ccn(-c3ccc(F)c(F)c3)n2)CC1. The fourth-order valence-corrected chi connectivity index (χ4v) is 2.87. The van der Waals surface area contributed by atoms with E-state index < -0.39 is 11.6 Å². The van der Waals surface area contributed by atoms with Crippen LogP contribution in [0.5, 0.6) is 0 Å². The quantitative estimate of drug-likeness (QED) is 0.734. The van der Waals surface area contributed by atoms with Crippen molar-refractivity contribution in [2.75, 3.05) is 39.3 Å². The molecule has 3 rings (SSSR count). The minimum atomic E-state index is -0.902. The standard InChI is InChI=1S/C18H22F2N4O2/c1-14(25)23-8-6-22(7-9-23)10-11-26-13-15-4-5-24(21-15)16-2-3-17(19)18(20)12-16/h2-5,12H,6-11,13H2,1H3. The third-order valence-corrected chi connectivity index (χ3v) is 4.43. The van der Waals surface area contributed by atoms with Crippen LogP contribution in [0.3, 0.4) is 0 Å². The first-order chi connectivity index (χ1) is 12.5. The Morgan fingerprint density at radius 2 is 1.92 bits per heavy atom. The number of piperazine rings is 1. The zero-order valence-corrected chi connectivity index (χ0v) is 14.7. The molecule has 1 amide bonds. The van der Waals surface area contributed by atoms with Crippen LogP contribution in [-0.2, 0) is 16.1 Å². The summed E-state index contributed by atoms with van der Waals surface area (Å²) in [4.78, 5) is 15.4. The molecule has 6 nitrogen and oxygen atoms in total. The molecule has 1 aromatic heterocycles. The highest BCUT2D eigenvalue weighted by molar-refractivity contribution is 5.73. The number of hydrogen-bond acceptors (Lipinski definition) is 4. The number of amides is 1. The van der Waals surface area contributed by atoms with Crippen LogP contribution in [0, 0.1) is 11.6 Å². The molecule has 0 aliphatic carbocycles. The van der Waals surface area contributed by atoms with Crippen molar-refractivity contribution in [2.24, 2.45) is 0 Å². The zero-order chi connectivity index (χ0) is 18.5. The molecule has 1 aliphatic rings. The van der Waals surface area contributed by atoms with Crippen molar-refractivity contribution in [3.63, 3.8) is 0 Å². The lowest BCUT2D eigenvalue weighted by molar-refractivity contribution is -0.130. The lowest BCUT2D eigenvalue weighted by atomic mass is 10.3. The minimum Gasteiger partial charge on any atom is -0.374 e. The summed E-state index contributed by atoms with van der Waals surface area (Å²) in [6.07, 6.45) is 1.69. The van der Waals surface area contributed by atoms with Crippen molar-refractivity contribution in [2.45, 2.75) is 13.5 Å². The summed E-state index contributed by atoms with van der Waals surface area (Å²) < 4.78 is 33.4. The molecule has 0 bridgehead atoms. The van der Waals surface area contributed by atoms with E-state index in [0.717, 1.165) is 50.6 Å². The highest BCUT2D eigenvalue weighted by Gasteiger charge is 2.17. The predicted molar refractivity (Wildman–Crippen MR) is 91.8 cm³/mol. The lowest BCUT2D eigenvalue weighted by Gasteiger charge is -2.34. The molecule has 0 N–H and O–H groups in total. The number of rotatable bonds is 6. The Morgan fingerprint density at radius 3 is 2.62 bits per heavy atom. The van der Waals surface area contributed by atoms with Gasteiger partial charge in [0.2, 0.25) is 5.91 Å². The van der Waals surface area contributed by atoms with Crippen molar-refractivity contribution in [3.8, 4) is 5.69 Å². The average Bonchev–Trinajstić information content (AvgIpc) is 3.10. The van der Waals surface area contributed by atoms with Crippen LogP contribution >= 0.6 is 0 Å². The van der Waals surface area contributed by atoms with E-state index in [1.165, 1.54) is 10.7 Å². The molecule has 0 unspecified atom stereocenters. The molecule has 8 heteroatoms. The first-order valence-corrected chi connectivity index (χ1v) is 8.58. The van der Waals surface area contributed by atoms with E-state index in [-0.39, 0.29) is 5.91 Å². The molecule has 1 saturated heterocycles. The van der Waals surface area contributed by atoms with Gasteiger partial charge in [-0.15, -0.1) is 0 Å². The summed E-state index contributed by atoms with van der Waals surface area (Å²) in [5.74, 6) is -1.66. The second-order valence-electron chi connectivity index (χ2n) is 6.25. The second-order valence-corrected chi connectivity index (χ2v) is 6.25. The fourth-order valence-electron chi connectivity index (χ4n) is 2.87. The van der Waals surface area contributed by atoms with Gasteiger partial charge in [0.25, 0.3) is 0 Å². The number of hydrogen-bond donors (Lipinski definition) is 0. The molecule has 0 radical (unpaired) electrons. The first-order valence-electron chi connectivity index (χ1n) is 8.58. The van der Waals surface area contributed by atoms with Gasteiger partial charge in [-0.2, -0.15) is 5.10 Å². The fraction of sp³-hybridized carbons (Fsp3) is 0.444. The topological polar surface area (TPSA) is 50.6 Å². The molecule has 140 valence electrons. The molecule has 0 spiro atoms. The van der Waals surface area contributed by atoms with Crippen LogP contribution in [-0.4, -0.2) is 64.8 Å². The zero-order valence-electron chi connectivity index (χ0n) is 14.7. The van der Waals surface area contributed by atoms with E-state index >= 15 is 0 Å². The van der Waals surface area contributed by atoms with Gasteiger partial charge < -0.3 is 9.64 Å². The van der Waals surface area contributed by atoms with E-state index in [2.05, 4.69) is 10.00 Å². The number of carbonyl (C=O) groups is 1. The highest BCUT2D eigenvalue weighted by Crippen LogP contribution is 2.13. The Bertz CT molecular complexity index is 757. The molecule has 1 aliphatic heterocycles. The van der Waals surface area contributed by atoms with E-state index in [1.807, 2.05) is 4.90 Å². The Kier molecular flexibility index (Phi) is 5.95. The molecule has 1 fully saturated rings. The smallest absolute Gasteiger partial charge is 0.219 e. The normalized spacial score (nSPS) is 15.4. The van der Waals surface area contributed by atoms with Crippen LogP contribution in [0.2, 0.25) is 0 Å². The van der Waals surface area contributed by atoms with Gasteiger partial charge in [0, 0.05) is 51.9 Å². The van der Waals surface area contributed by atoms with Gasteiger partial charge in [0.15, 0.2) is 11.6 Å². The first kappa shape index (κ1) is 18.5. The maximum Gasteiger partial charge on any atom is 0.219 e. The maximum absolute atomic E-state index is 13.3. The summed E-state index contributed by atoms with van der Waals surface area (Å²) in [5.41, 5.74) is 1.18. The Morgan fingerprint density at radius 1 is 1.15 bits per heavy atom. The van der Waals surface area contributed by atoms with Crippen molar-refractivity contribution < 1.29 is 18.3 Å². The van der Waals surface area contributed by atoms with Crippen LogP contribution in [0.1, 0.15) is 12.6 Å². The molecular formula is C18H22F2N4O2. The van der Waals surface area contributed by atoms with Crippen LogP contribution < -0.4 is 0 Å². The van der Waals surface area contributed by atoms with Crippen molar-refractivity contribution >= 4 is 5.91 Å². The largest absolute Gasteiger partial charge is 0.374 e. The molecule has 26 heavy (non-hydrogen) atoms. The van der Waals surface area contributed by atoms with Gasteiger partial charge >= 0.3 is 0 Å².